The minimum Gasteiger partial charge on any atom is -0.368 e. The van der Waals surface area contributed by atoms with Crippen molar-refractivity contribution in [3.8, 4) is 11.3 Å². The average Bonchev–Trinajstić information content (AvgIpc) is 2.88. The normalized spacial score (nSPS) is 16.0. The van der Waals surface area contributed by atoms with Crippen LogP contribution in [0.2, 0.25) is 0 Å². The summed E-state index contributed by atoms with van der Waals surface area (Å²) in [7, 11) is 0. The number of aromatic nitrogens is 2. The molecular formula is C26H22N4O3. The highest BCUT2D eigenvalue weighted by Gasteiger charge is 2.27. The quantitative estimate of drug-likeness (QED) is 0.525. The first-order chi connectivity index (χ1) is 16.1. The van der Waals surface area contributed by atoms with Gasteiger partial charge in [0.15, 0.2) is 0 Å². The molecule has 0 aliphatic carbocycles. The van der Waals surface area contributed by atoms with E-state index in [-0.39, 0.29) is 12.0 Å². The minimum absolute atomic E-state index is 0.0350. The second-order valence-electron chi connectivity index (χ2n) is 7.91. The number of morpholine rings is 1. The molecule has 0 radical (unpaired) electrons. The van der Waals surface area contributed by atoms with E-state index in [1.54, 1.807) is 18.3 Å². The Morgan fingerprint density at radius 3 is 2.61 bits per heavy atom. The van der Waals surface area contributed by atoms with Crippen LogP contribution in [0, 0.1) is 0 Å². The van der Waals surface area contributed by atoms with Crippen molar-refractivity contribution < 1.29 is 14.3 Å². The first-order valence-corrected chi connectivity index (χ1v) is 10.7. The van der Waals surface area contributed by atoms with E-state index in [2.05, 4.69) is 4.98 Å². The maximum Gasteiger partial charge on any atom is 0.254 e. The number of ether oxygens (including phenoxy) is 1. The zero-order chi connectivity index (χ0) is 22.8. The molecule has 0 bridgehead atoms. The number of rotatable bonds is 4. The average molecular weight is 438 g/mol. The number of fused-ring (bicyclic) bond motifs is 1. The van der Waals surface area contributed by atoms with Gasteiger partial charge in [0.1, 0.15) is 6.10 Å². The number of primary amides is 1. The summed E-state index contributed by atoms with van der Waals surface area (Å²) in [5.41, 5.74) is 9.65. The van der Waals surface area contributed by atoms with Crippen LogP contribution in [0.15, 0.2) is 79.0 Å². The molecule has 2 N–H and O–H groups in total. The lowest BCUT2D eigenvalue weighted by Crippen LogP contribution is -2.42. The predicted octanol–water partition coefficient (Wildman–Crippen LogP) is 3.61. The molecular weight excluding hydrogens is 416 g/mol. The van der Waals surface area contributed by atoms with Crippen LogP contribution in [0.3, 0.4) is 0 Å². The number of nitrogens with two attached hydrogens (primary N) is 1. The number of amides is 2. The van der Waals surface area contributed by atoms with Crippen molar-refractivity contribution in [2.75, 3.05) is 19.7 Å². The van der Waals surface area contributed by atoms with E-state index < -0.39 is 5.91 Å². The Bertz CT molecular complexity index is 1340. The molecule has 164 valence electrons. The molecule has 7 nitrogen and oxygen atoms in total. The molecule has 1 saturated heterocycles. The van der Waals surface area contributed by atoms with Crippen molar-refractivity contribution in [2.45, 2.75) is 6.10 Å². The molecule has 2 aromatic heterocycles. The van der Waals surface area contributed by atoms with Gasteiger partial charge in [0, 0.05) is 34.8 Å². The van der Waals surface area contributed by atoms with Gasteiger partial charge in [0.25, 0.3) is 5.91 Å². The Labute approximate surface area is 190 Å². The van der Waals surface area contributed by atoms with Gasteiger partial charge in [0.2, 0.25) is 5.91 Å². The standard InChI is InChI=1S/C26H22N4O3/c27-25(31)18-8-6-17(7-9-18)22-4-1-5-23(29-22)24-16-30(13-14-33-24)26(32)20-10-11-21-19(15-20)3-2-12-28-21/h1-12,15,24H,13-14,16H2,(H2,27,31)/t24-/m1/s1. The van der Waals surface area contributed by atoms with Gasteiger partial charge in [0.05, 0.1) is 30.1 Å². The van der Waals surface area contributed by atoms with Crippen molar-refractivity contribution in [3.63, 3.8) is 0 Å². The molecule has 4 aromatic rings. The van der Waals surface area contributed by atoms with E-state index in [1.807, 2.05) is 65.6 Å². The van der Waals surface area contributed by atoms with Gasteiger partial charge in [-0.3, -0.25) is 14.6 Å². The number of benzene rings is 2. The second kappa shape index (κ2) is 8.80. The van der Waals surface area contributed by atoms with Gasteiger partial charge in [-0.1, -0.05) is 24.3 Å². The Kier molecular flexibility index (Phi) is 5.54. The van der Waals surface area contributed by atoms with Crippen LogP contribution in [0.1, 0.15) is 32.5 Å². The number of carbonyl (C=O) groups is 2. The summed E-state index contributed by atoms with van der Waals surface area (Å²) < 4.78 is 5.96. The zero-order valence-electron chi connectivity index (χ0n) is 17.8. The van der Waals surface area contributed by atoms with E-state index in [9.17, 15) is 9.59 Å². The molecule has 5 rings (SSSR count). The van der Waals surface area contributed by atoms with Crippen LogP contribution in [-0.2, 0) is 4.74 Å². The first-order valence-electron chi connectivity index (χ1n) is 10.7. The number of hydrogen-bond acceptors (Lipinski definition) is 5. The molecule has 1 fully saturated rings. The van der Waals surface area contributed by atoms with E-state index in [1.165, 1.54) is 0 Å². The van der Waals surface area contributed by atoms with Crippen molar-refractivity contribution in [1.82, 2.24) is 14.9 Å². The Balaban J connectivity index is 1.35. The van der Waals surface area contributed by atoms with E-state index in [0.717, 1.165) is 27.9 Å². The number of hydrogen-bond donors (Lipinski definition) is 1. The third-order valence-electron chi connectivity index (χ3n) is 5.77. The van der Waals surface area contributed by atoms with Gasteiger partial charge < -0.3 is 15.4 Å². The van der Waals surface area contributed by atoms with Gasteiger partial charge in [-0.2, -0.15) is 0 Å². The maximum atomic E-state index is 13.2. The highest BCUT2D eigenvalue weighted by Crippen LogP contribution is 2.26. The number of carbonyl (C=O) groups excluding carboxylic acids is 2. The van der Waals surface area contributed by atoms with Gasteiger partial charge in [-0.15, -0.1) is 0 Å². The molecule has 2 aromatic carbocycles. The van der Waals surface area contributed by atoms with Crippen molar-refractivity contribution in [2.24, 2.45) is 5.73 Å². The van der Waals surface area contributed by atoms with Crippen LogP contribution in [0.25, 0.3) is 22.2 Å². The lowest BCUT2D eigenvalue weighted by atomic mass is 10.1. The molecule has 1 atom stereocenters. The van der Waals surface area contributed by atoms with Crippen LogP contribution >= 0.6 is 0 Å². The smallest absolute Gasteiger partial charge is 0.254 e. The lowest BCUT2D eigenvalue weighted by molar-refractivity contribution is -0.0246. The minimum atomic E-state index is -0.466. The highest BCUT2D eigenvalue weighted by molar-refractivity contribution is 5.98. The Hall–Kier alpha value is -4.10. The van der Waals surface area contributed by atoms with E-state index in [4.69, 9.17) is 15.5 Å². The number of pyridine rings is 2. The summed E-state index contributed by atoms with van der Waals surface area (Å²) in [4.78, 5) is 35.4. The third kappa shape index (κ3) is 4.31. The fourth-order valence-corrected chi connectivity index (χ4v) is 4.00. The summed E-state index contributed by atoms with van der Waals surface area (Å²) in [5, 5.41) is 0.935. The molecule has 33 heavy (non-hydrogen) atoms. The molecule has 7 heteroatoms. The highest BCUT2D eigenvalue weighted by atomic mass is 16.5. The van der Waals surface area contributed by atoms with Crippen LogP contribution in [0.4, 0.5) is 0 Å². The summed E-state index contributed by atoms with van der Waals surface area (Å²) in [6.07, 6.45) is 1.42. The van der Waals surface area contributed by atoms with Gasteiger partial charge in [-0.05, 0) is 48.5 Å². The molecule has 0 spiro atoms. The molecule has 1 aliphatic heterocycles. The van der Waals surface area contributed by atoms with Crippen LogP contribution in [0.5, 0.6) is 0 Å². The van der Waals surface area contributed by atoms with E-state index in [0.29, 0.717) is 30.8 Å². The van der Waals surface area contributed by atoms with Crippen molar-refractivity contribution in [3.05, 3.63) is 95.8 Å². The SMILES string of the molecule is NC(=O)c1ccc(-c2cccc([C@H]3CN(C(=O)c4ccc5ncccc5c4)CCO3)n2)cc1. The summed E-state index contributed by atoms with van der Waals surface area (Å²) >= 11 is 0. The molecule has 0 unspecified atom stereocenters. The fraction of sp³-hybridized carbons (Fsp3) is 0.154. The molecule has 2 amide bonds. The van der Waals surface area contributed by atoms with Gasteiger partial charge in [-0.25, -0.2) is 4.98 Å². The zero-order valence-corrected chi connectivity index (χ0v) is 17.8. The maximum absolute atomic E-state index is 13.2. The Morgan fingerprint density at radius 1 is 0.970 bits per heavy atom. The van der Waals surface area contributed by atoms with Crippen molar-refractivity contribution in [1.29, 1.82) is 0 Å². The van der Waals surface area contributed by atoms with Crippen molar-refractivity contribution >= 4 is 22.7 Å². The summed E-state index contributed by atoms with van der Waals surface area (Å²) in [5.74, 6) is -0.501. The predicted molar refractivity (Wildman–Crippen MR) is 125 cm³/mol. The van der Waals surface area contributed by atoms with Crippen LogP contribution in [-0.4, -0.2) is 46.4 Å². The Morgan fingerprint density at radius 2 is 1.79 bits per heavy atom. The van der Waals surface area contributed by atoms with Crippen LogP contribution < -0.4 is 5.73 Å². The summed E-state index contributed by atoms with van der Waals surface area (Å²) in [6.45, 7) is 1.38. The fourth-order valence-electron chi connectivity index (χ4n) is 4.00. The topological polar surface area (TPSA) is 98.4 Å². The number of nitrogens with zero attached hydrogens (tertiary/aromatic N) is 3. The first kappa shape index (κ1) is 20.8. The molecule has 1 aliphatic rings. The molecule has 0 saturated carbocycles. The monoisotopic (exact) mass is 438 g/mol. The second-order valence-corrected chi connectivity index (χ2v) is 7.91. The lowest BCUT2D eigenvalue weighted by Gasteiger charge is -2.33. The third-order valence-corrected chi connectivity index (χ3v) is 5.77. The largest absolute Gasteiger partial charge is 0.368 e. The van der Waals surface area contributed by atoms with E-state index >= 15 is 0 Å². The van der Waals surface area contributed by atoms with Gasteiger partial charge >= 0.3 is 0 Å². The summed E-state index contributed by atoms with van der Waals surface area (Å²) in [6, 6.07) is 22.1. The molecule has 3 heterocycles.